The van der Waals surface area contributed by atoms with Crippen LogP contribution in [0.25, 0.3) is 0 Å². The molecule has 7 nitrogen and oxygen atoms in total. The van der Waals surface area contributed by atoms with Gasteiger partial charge in [0.15, 0.2) is 0 Å². The Morgan fingerprint density at radius 2 is 2.09 bits per heavy atom. The van der Waals surface area contributed by atoms with Crippen molar-refractivity contribution in [1.82, 2.24) is 9.97 Å². The molecular formula is C15H18N4O3. The Balaban J connectivity index is 2.34. The van der Waals surface area contributed by atoms with Crippen LogP contribution in [0.5, 0.6) is 5.75 Å². The molecule has 0 saturated carbocycles. The quantitative estimate of drug-likeness (QED) is 0.624. The first kappa shape index (κ1) is 15.7. The van der Waals surface area contributed by atoms with Crippen LogP contribution in [0, 0.1) is 24.0 Å². The summed E-state index contributed by atoms with van der Waals surface area (Å²) >= 11 is 0. The molecule has 22 heavy (non-hydrogen) atoms. The third kappa shape index (κ3) is 2.98. The molecule has 116 valence electrons. The molecular weight excluding hydrogens is 284 g/mol. The molecule has 0 aliphatic carbocycles. The second-order valence-corrected chi connectivity index (χ2v) is 5.01. The van der Waals surface area contributed by atoms with Gasteiger partial charge in [-0.15, -0.1) is 0 Å². The topological polar surface area (TPSA) is 81.4 Å². The van der Waals surface area contributed by atoms with E-state index in [1.54, 1.807) is 31.3 Å². The highest BCUT2D eigenvalue weighted by molar-refractivity contribution is 5.57. The molecule has 2 aromatic heterocycles. The molecule has 7 heteroatoms. The van der Waals surface area contributed by atoms with E-state index in [4.69, 9.17) is 4.74 Å². The van der Waals surface area contributed by atoms with Gasteiger partial charge in [-0.1, -0.05) is 0 Å². The van der Waals surface area contributed by atoms with Gasteiger partial charge in [-0.3, -0.25) is 15.1 Å². The van der Waals surface area contributed by atoms with E-state index in [0.29, 0.717) is 12.4 Å². The van der Waals surface area contributed by atoms with Gasteiger partial charge in [-0.2, -0.15) is 0 Å². The largest absolute Gasteiger partial charge is 0.496 e. The molecule has 0 atom stereocenters. The maximum atomic E-state index is 11.1. The third-order valence-electron chi connectivity index (χ3n) is 3.46. The lowest BCUT2D eigenvalue weighted by molar-refractivity contribution is -0.384. The number of hydrogen-bond donors (Lipinski definition) is 0. The summed E-state index contributed by atoms with van der Waals surface area (Å²) in [5.41, 5.74) is 2.65. The van der Waals surface area contributed by atoms with Gasteiger partial charge in [0.05, 0.1) is 24.3 Å². The molecule has 0 N–H and O–H groups in total. The normalized spacial score (nSPS) is 10.4. The molecule has 0 aliphatic heterocycles. The molecule has 0 aliphatic rings. The van der Waals surface area contributed by atoms with Crippen LogP contribution in [0.15, 0.2) is 24.5 Å². The van der Waals surface area contributed by atoms with Gasteiger partial charge >= 0.3 is 5.69 Å². The molecule has 0 radical (unpaired) electrons. The first-order valence-electron chi connectivity index (χ1n) is 6.75. The maximum Gasteiger partial charge on any atom is 0.311 e. The van der Waals surface area contributed by atoms with Gasteiger partial charge in [-0.05, 0) is 19.9 Å². The van der Waals surface area contributed by atoms with E-state index in [1.165, 1.54) is 12.3 Å². The number of methoxy groups -OCH3 is 1. The number of pyridine rings is 2. The number of nitro groups is 1. The summed E-state index contributed by atoms with van der Waals surface area (Å²) in [6.07, 6.45) is 3.27. The van der Waals surface area contributed by atoms with Crippen molar-refractivity contribution in [3.8, 4) is 5.75 Å². The summed E-state index contributed by atoms with van der Waals surface area (Å²) < 4.78 is 5.38. The Morgan fingerprint density at radius 1 is 1.36 bits per heavy atom. The van der Waals surface area contributed by atoms with Gasteiger partial charge in [0.1, 0.15) is 5.75 Å². The number of nitrogens with zero attached hydrogens (tertiary/aromatic N) is 4. The summed E-state index contributed by atoms with van der Waals surface area (Å²) in [5, 5.41) is 11.1. The first-order valence-corrected chi connectivity index (χ1v) is 6.75. The molecule has 0 saturated heterocycles. The Morgan fingerprint density at radius 3 is 2.73 bits per heavy atom. The van der Waals surface area contributed by atoms with Crippen LogP contribution >= 0.6 is 0 Å². The van der Waals surface area contributed by atoms with E-state index in [9.17, 15) is 10.1 Å². The monoisotopic (exact) mass is 302 g/mol. The minimum absolute atomic E-state index is 0.0262. The molecule has 0 fully saturated rings. The summed E-state index contributed by atoms with van der Waals surface area (Å²) in [4.78, 5) is 20.9. The summed E-state index contributed by atoms with van der Waals surface area (Å²) in [6, 6.07) is 2.99. The lowest BCUT2D eigenvalue weighted by Crippen LogP contribution is -2.20. The van der Waals surface area contributed by atoms with Crippen LogP contribution in [0.1, 0.15) is 16.8 Å². The zero-order valence-electron chi connectivity index (χ0n) is 13.0. The van der Waals surface area contributed by atoms with Gasteiger partial charge in [0, 0.05) is 36.6 Å². The minimum Gasteiger partial charge on any atom is -0.496 e. The zero-order valence-corrected chi connectivity index (χ0v) is 13.0. The van der Waals surface area contributed by atoms with Crippen LogP contribution < -0.4 is 9.64 Å². The number of ether oxygens (including phenoxy) is 1. The number of aryl methyl sites for hydroxylation is 1. The second kappa shape index (κ2) is 6.38. The van der Waals surface area contributed by atoms with Crippen LogP contribution in [0.3, 0.4) is 0 Å². The average Bonchev–Trinajstić information content (AvgIpc) is 2.50. The molecule has 0 spiro atoms. The van der Waals surface area contributed by atoms with Crippen molar-refractivity contribution in [3.63, 3.8) is 0 Å². The molecule has 0 bridgehead atoms. The molecule has 0 amide bonds. The predicted molar refractivity (Wildman–Crippen MR) is 83.3 cm³/mol. The van der Waals surface area contributed by atoms with Crippen LogP contribution in [-0.2, 0) is 6.54 Å². The van der Waals surface area contributed by atoms with Crippen molar-refractivity contribution < 1.29 is 9.66 Å². The predicted octanol–water partition coefficient (Wildman–Crippen LogP) is 2.65. The maximum absolute atomic E-state index is 11.1. The van der Waals surface area contributed by atoms with E-state index in [2.05, 4.69) is 9.97 Å². The standard InChI is InChI=1S/C15H18N4O3/c1-10-8-17-12(11(2)14(10)22-4)9-18(3)15-13(19(20)21)6-5-7-16-15/h5-8H,9H2,1-4H3. The fourth-order valence-corrected chi connectivity index (χ4v) is 2.36. The number of anilines is 1. The number of rotatable bonds is 5. The molecule has 2 aromatic rings. The second-order valence-electron chi connectivity index (χ2n) is 5.01. The molecule has 0 aromatic carbocycles. The van der Waals surface area contributed by atoms with Crippen molar-refractivity contribution in [3.05, 3.63) is 51.5 Å². The summed E-state index contributed by atoms with van der Waals surface area (Å²) in [5.74, 6) is 1.10. The average molecular weight is 302 g/mol. The highest BCUT2D eigenvalue weighted by Gasteiger charge is 2.19. The van der Waals surface area contributed by atoms with Gasteiger partial charge in [0.2, 0.25) is 5.82 Å². The smallest absolute Gasteiger partial charge is 0.311 e. The van der Waals surface area contributed by atoms with E-state index in [-0.39, 0.29) is 5.69 Å². The van der Waals surface area contributed by atoms with Crippen molar-refractivity contribution in [2.75, 3.05) is 19.1 Å². The lowest BCUT2D eigenvalue weighted by Gasteiger charge is -2.19. The first-order chi connectivity index (χ1) is 10.5. The fraction of sp³-hybridized carbons (Fsp3) is 0.333. The zero-order chi connectivity index (χ0) is 16.3. The van der Waals surface area contributed by atoms with Crippen LogP contribution in [-0.4, -0.2) is 29.0 Å². The SMILES string of the molecule is COc1c(C)cnc(CN(C)c2ncccc2[N+](=O)[O-])c1C. The Bertz CT molecular complexity index is 703. The van der Waals surface area contributed by atoms with Gasteiger partial charge in [0.25, 0.3) is 0 Å². The Labute approximate surface area is 128 Å². The highest BCUT2D eigenvalue weighted by Crippen LogP contribution is 2.28. The third-order valence-corrected chi connectivity index (χ3v) is 3.46. The van der Waals surface area contributed by atoms with Crippen molar-refractivity contribution in [2.24, 2.45) is 0 Å². The van der Waals surface area contributed by atoms with Crippen molar-refractivity contribution >= 4 is 11.5 Å². The van der Waals surface area contributed by atoms with Gasteiger partial charge in [-0.25, -0.2) is 4.98 Å². The van der Waals surface area contributed by atoms with E-state index >= 15 is 0 Å². The minimum atomic E-state index is -0.436. The van der Waals surface area contributed by atoms with Crippen LogP contribution in [0.4, 0.5) is 11.5 Å². The van der Waals surface area contributed by atoms with E-state index in [1.807, 2.05) is 13.8 Å². The molecule has 0 unspecified atom stereocenters. The van der Waals surface area contributed by atoms with Crippen molar-refractivity contribution in [1.29, 1.82) is 0 Å². The van der Waals surface area contributed by atoms with Crippen LogP contribution in [0.2, 0.25) is 0 Å². The van der Waals surface area contributed by atoms with E-state index < -0.39 is 4.92 Å². The Hall–Kier alpha value is -2.70. The lowest BCUT2D eigenvalue weighted by atomic mass is 10.1. The molecule has 2 heterocycles. The van der Waals surface area contributed by atoms with Gasteiger partial charge < -0.3 is 9.64 Å². The van der Waals surface area contributed by atoms with E-state index in [0.717, 1.165) is 22.6 Å². The summed E-state index contributed by atoms with van der Waals surface area (Å²) in [6.45, 7) is 4.26. The summed E-state index contributed by atoms with van der Waals surface area (Å²) in [7, 11) is 3.37. The van der Waals surface area contributed by atoms with Crippen molar-refractivity contribution in [2.45, 2.75) is 20.4 Å². The fourth-order valence-electron chi connectivity index (χ4n) is 2.36. The number of aromatic nitrogens is 2. The number of hydrogen-bond acceptors (Lipinski definition) is 6. The Kier molecular flexibility index (Phi) is 4.55. The highest BCUT2D eigenvalue weighted by atomic mass is 16.6. The molecule has 2 rings (SSSR count).